The van der Waals surface area contributed by atoms with Crippen molar-refractivity contribution in [3.05, 3.63) is 27.1 Å². The van der Waals surface area contributed by atoms with Gasteiger partial charge < -0.3 is 4.74 Å². The molecule has 0 saturated carbocycles. The number of fused-ring (bicyclic) bond motifs is 1. The number of nitrogens with zero attached hydrogens (tertiary/aromatic N) is 3. The Bertz CT molecular complexity index is 675. The standard InChI is InChI=1S/C13H17N3O3S/c1-4-10-15-16-11(17)6-9(14-13(16)20-10)7-19-12(18)5-8(2)3/h6,8H,4-5,7H2,1-3H3. The van der Waals surface area contributed by atoms with Crippen LogP contribution in [0.2, 0.25) is 0 Å². The van der Waals surface area contributed by atoms with Gasteiger partial charge in [-0.15, -0.1) is 0 Å². The van der Waals surface area contributed by atoms with Crippen LogP contribution >= 0.6 is 11.3 Å². The Labute approximate surface area is 120 Å². The summed E-state index contributed by atoms with van der Waals surface area (Å²) in [5.41, 5.74) is 0.208. The Morgan fingerprint density at radius 1 is 1.50 bits per heavy atom. The zero-order valence-corrected chi connectivity index (χ0v) is 12.6. The molecule has 20 heavy (non-hydrogen) atoms. The van der Waals surface area contributed by atoms with Crippen molar-refractivity contribution < 1.29 is 9.53 Å². The number of ether oxygens (including phenoxy) is 1. The number of aromatic nitrogens is 3. The summed E-state index contributed by atoms with van der Waals surface area (Å²) in [6.45, 7) is 5.89. The third kappa shape index (κ3) is 3.41. The normalized spacial score (nSPS) is 11.2. The molecule has 2 heterocycles. The first kappa shape index (κ1) is 14.6. The number of rotatable bonds is 5. The maximum atomic E-state index is 11.9. The fourth-order valence-corrected chi connectivity index (χ4v) is 2.52. The topological polar surface area (TPSA) is 73.6 Å². The third-order valence-corrected chi connectivity index (χ3v) is 3.65. The van der Waals surface area contributed by atoms with Crippen molar-refractivity contribution in [2.45, 2.75) is 40.2 Å². The van der Waals surface area contributed by atoms with Gasteiger partial charge in [0, 0.05) is 12.5 Å². The number of carbonyl (C=O) groups excluding carboxylic acids is 1. The van der Waals surface area contributed by atoms with Crippen molar-refractivity contribution in [2.24, 2.45) is 5.92 Å². The van der Waals surface area contributed by atoms with Crippen LogP contribution in [-0.2, 0) is 22.6 Å². The first-order valence-electron chi connectivity index (χ1n) is 6.54. The molecule has 6 nitrogen and oxygen atoms in total. The molecule has 2 aromatic rings. The van der Waals surface area contributed by atoms with E-state index in [9.17, 15) is 9.59 Å². The molecule has 0 fully saturated rings. The number of hydrogen-bond donors (Lipinski definition) is 0. The summed E-state index contributed by atoms with van der Waals surface area (Å²) in [4.78, 5) is 28.2. The molecule has 0 aromatic carbocycles. The van der Waals surface area contributed by atoms with Crippen LogP contribution in [0.1, 0.15) is 37.9 Å². The summed E-state index contributed by atoms with van der Waals surface area (Å²) in [6.07, 6.45) is 1.12. The van der Waals surface area contributed by atoms with Gasteiger partial charge in [-0.1, -0.05) is 32.1 Å². The summed E-state index contributed by atoms with van der Waals surface area (Å²) in [5.74, 6) is -0.0299. The Morgan fingerprint density at radius 3 is 2.90 bits per heavy atom. The molecule has 0 aliphatic rings. The lowest BCUT2D eigenvalue weighted by molar-refractivity contribution is -0.145. The Hall–Kier alpha value is -1.76. The third-order valence-electron chi connectivity index (χ3n) is 2.60. The van der Waals surface area contributed by atoms with E-state index in [2.05, 4.69) is 10.1 Å². The van der Waals surface area contributed by atoms with Crippen LogP contribution in [0.15, 0.2) is 10.9 Å². The van der Waals surface area contributed by atoms with Gasteiger partial charge in [-0.2, -0.15) is 9.61 Å². The van der Waals surface area contributed by atoms with Gasteiger partial charge in [-0.05, 0) is 12.3 Å². The first-order valence-corrected chi connectivity index (χ1v) is 7.35. The fourth-order valence-electron chi connectivity index (χ4n) is 1.66. The number of aryl methyl sites for hydroxylation is 1. The lowest BCUT2D eigenvalue weighted by Gasteiger charge is -2.05. The number of esters is 1. The molecule has 0 aliphatic carbocycles. The van der Waals surface area contributed by atoms with E-state index in [4.69, 9.17) is 4.74 Å². The van der Waals surface area contributed by atoms with Gasteiger partial charge in [0.05, 0.1) is 5.69 Å². The highest BCUT2D eigenvalue weighted by atomic mass is 32.1. The smallest absolute Gasteiger partial charge is 0.306 e. The second-order valence-electron chi connectivity index (χ2n) is 4.89. The maximum Gasteiger partial charge on any atom is 0.306 e. The van der Waals surface area contributed by atoms with Crippen molar-refractivity contribution in [1.29, 1.82) is 0 Å². The molecule has 0 radical (unpaired) electrons. The summed E-state index contributed by atoms with van der Waals surface area (Å²) in [6, 6.07) is 1.36. The molecule has 0 N–H and O–H groups in total. The largest absolute Gasteiger partial charge is 0.459 e. The molecule has 0 aliphatic heterocycles. The lowest BCUT2D eigenvalue weighted by Crippen LogP contribution is -2.17. The Kier molecular flexibility index (Phi) is 4.49. The molecule has 0 spiro atoms. The van der Waals surface area contributed by atoms with Gasteiger partial charge >= 0.3 is 5.97 Å². The van der Waals surface area contributed by atoms with Gasteiger partial charge in [-0.25, -0.2) is 4.98 Å². The van der Waals surface area contributed by atoms with E-state index in [0.29, 0.717) is 17.1 Å². The average molecular weight is 295 g/mol. The zero-order chi connectivity index (χ0) is 14.7. The summed E-state index contributed by atoms with van der Waals surface area (Å²) >= 11 is 1.37. The van der Waals surface area contributed by atoms with Crippen LogP contribution in [0.3, 0.4) is 0 Å². The van der Waals surface area contributed by atoms with Crippen LogP contribution in [0.25, 0.3) is 4.96 Å². The molecule has 2 aromatic heterocycles. The monoisotopic (exact) mass is 295 g/mol. The highest BCUT2D eigenvalue weighted by molar-refractivity contribution is 7.16. The molecule has 0 amide bonds. The minimum atomic E-state index is -0.277. The van der Waals surface area contributed by atoms with Gasteiger partial charge in [0.25, 0.3) is 5.56 Å². The van der Waals surface area contributed by atoms with Crippen molar-refractivity contribution in [3.8, 4) is 0 Å². The van der Waals surface area contributed by atoms with Crippen LogP contribution in [-0.4, -0.2) is 20.6 Å². The Morgan fingerprint density at radius 2 is 2.25 bits per heavy atom. The highest BCUT2D eigenvalue weighted by Crippen LogP contribution is 2.12. The first-order chi connectivity index (χ1) is 9.49. The van der Waals surface area contributed by atoms with Gasteiger partial charge in [0.1, 0.15) is 11.6 Å². The van der Waals surface area contributed by atoms with Crippen molar-refractivity contribution >= 4 is 22.3 Å². The molecular weight excluding hydrogens is 278 g/mol. The van der Waals surface area contributed by atoms with Crippen molar-refractivity contribution in [3.63, 3.8) is 0 Å². The van der Waals surface area contributed by atoms with Crippen LogP contribution in [0.5, 0.6) is 0 Å². The average Bonchev–Trinajstić information content (AvgIpc) is 2.79. The van der Waals surface area contributed by atoms with E-state index >= 15 is 0 Å². The number of carbonyl (C=O) groups is 1. The van der Waals surface area contributed by atoms with E-state index in [1.54, 1.807) is 0 Å². The molecule has 0 bridgehead atoms. The van der Waals surface area contributed by atoms with Crippen LogP contribution in [0.4, 0.5) is 0 Å². The minimum Gasteiger partial charge on any atom is -0.459 e. The predicted molar refractivity (Wildman–Crippen MR) is 75.8 cm³/mol. The van der Waals surface area contributed by atoms with E-state index in [1.807, 2.05) is 20.8 Å². The second-order valence-corrected chi connectivity index (χ2v) is 5.93. The highest BCUT2D eigenvalue weighted by Gasteiger charge is 2.10. The predicted octanol–water partition coefficient (Wildman–Crippen LogP) is 1.80. The van der Waals surface area contributed by atoms with Gasteiger partial charge in [0.15, 0.2) is 0 Å². The molecule has 0 atom stereocenters. The van der Waals surface area contributed by atoms with Gasteiger partial charge in [-0.3, -0.25) is 9.59 Å². The molecule has 0 saturated heterocycles. The van der Waals surface area contributed by atoms with E-state index < -0.39 is 0 Å². The molecular formula is C13H17N3O3S. The zero-order valence-electron chi connectivity index (χ0n) is 11.8. The van der Waals surface area contributed by atoms with E-state index in [0.717, 1.165) is 11.4 Å². The van der Waals surface area contributed by atoms with E-state index in [1.165, 1.54) is 21.9 Å². The van der Waals surface area contributed by atoms with Crippen LogP contribution in [0, 0.1) is 5.92 Å². The lowest BCUT2D eigenvalue weighted by atomic mass is 10.1. The van der Waals surface area contributed by atoms with Crippen molar-refractivity contribution in [2.75, 3.05) is 0 Å². The molecule has 2 rings (SSSR count). The SMILES string of the molecule is CCc1nn2c(=O)cc(COC(=O)CC(C)C)nc2s1. The number of hydrogen-bond acceptors (Lipinski definition) is 6. The quantitative estimate of drug-likeness (QED) is 0.786. The summed E-state index contributed by atoms with van der Waals surface area (Å²) in [7, 11) is 0. The maximum absolute atomic E-state index is 11.9. The fraction of sp³-hybridized carbons (Fsp3) is 0.538. The van der Waals surface area contributed by atoms with E-state index in [-0.39, 0.29) is 24.1 Å². The van der Waals surface area contributed by atoms with Gasteiger partial charge in [0.2, 0.25) is 4.96 Å². The molecule has 0 unspecified atom stereocenters. The molecule has 7 heteroatoms. The Balaban J connectivity index is 2.15. The summed E-state index contributed by atoms with van der Waals surface area (Å²) in [5, 5.41) is 5.01. The summed E-state index contributed by atoms with van der Waals surface area (Å²) < 4.78 is 6.39. The van der Waals surface area contributed by atoms with Crippen molar-refractivity contribution in [1.82, 2.24) is 14.6 Å². The second kappa shape index (κ2) is 6.13. The molecule has 108 valence electrons. The van der Waals surface area contributed by atoms with Crippen LogP contribution < -0.4 is 5.56 Å². The minimum absolute atomic E-state index is 0.0245.